The Labute approximate surface area is 138 Å². The Hall–Kier alpha value is -3.76. The largest absolute Gasteiger partial charge is 0.465 e. The number of esters is 1. The number of amides is 1. The lowest BCUT2D eigenvalue weighted by molar-refractivity contribution is -0.384. The highest BCUT2D eigenvalue weighted by Crippen LogP contribution is 2.19. The summed E-state index contributed by atoms with van der Waals surface area (Å²) in [7, 11) is 1.09. The molecule has 0 aliphatic carbocycles. The molecule has 2 aromatic rings. The fourth-order valence-corrected chi connectivity index (χ4v) is 2.02. The van der Waals surface area contributed by atoms with Crippen molar-refractivity contribution in [3.63, 3.8) is 0 Å². The van der Waals surface area contributed by atoms with Crippen LogP contribution in [0.25, 0.3) is 0 Å². The van der Waals surface area contributed by atoms with Crippen molar-refractivity contribution in [2.75, 3.05) is 12.4 Å². The summed E-state index contributed by atoms with van der Waals surface area (Å²) < 4.78 is 4.49. The number of methoxy groups -OCH3 is 1. The minimum Gasteiger partial charge on any atom is -0.465 e. The van der Waals surface area contributed by atoms with Gasteiger partial charge in [-0.3, -0.25) is 24.7 Å². The van der Waals surface area contributed by atoms with E-state index in [2.05, 4.69) is 15.0 Å². The first kappa shape index (κ1) is 17.6. The molecule has 0 unspecified atom stereocenters. The third kappa shape index (κ3) is 3.77. The van der Waals surface area contributed by atoms with Crippen molar-refractivity contribution >= 4 is 23.3 Å². The smallest absolute Gasteiger partial charge is 0.338 e. The molecule has 25 heavy (non-hydrogen) atoms. The molecule has 0 saturated carbocycles. The molecule has 0 radical (unpaired) electrons. The van der Waals surface area contributed by atoms with Gasteiger partial charge in [0.25, 0.3) is 17.2 Å². The summed E-state index contributed by atoms with van der Waals surface area (Å²) in [6, 6.07) is 2.99. The van der Waals surface area contributed by atoms with Gasteiger partial charge >= 0.3 is 11.7 Å². The zero-order valence-corrected chi connectivity index (χ0v) is 13.0. The molecule has 1 aromatic heterocycles. The summed E-state index contributed by atoms with van der Waals surface area (Å²) in [6.45, 7) is 1.39. The maximum atomic E-state index is 12.3. The van der Waals surface area contributed by atoms with E-state index in [1.807, 2.05) is 4.98 Å². The molecular formula is C14H12N4O7. The molecule has 11 heteroatoms. The van der Waals surface area contributed by atoms with E-state index in [1.54, 1.807) is 0 Å². The van der Waals surface area contributed by atoms with Crippen LogP contribution >= 0.6 is 0 Å². The minimum absolute atomic E-state index is 0.0979. The minimum atomic E-state index is -0.880. The van der Waals surface area contributed by atoms with E-state index >= 15 is 0 Å². The summed E-state index contributed by atoms with van der Waals surface area (Å²) in [4.78, 5) is 61.2. The van der Waals surface area contributed by atoms with Crippen LogP contribution in [0.1, 0.15) is 26.4 Å². The molecule has 2 rings (SSSR count). The molecule has 0 spiro atoms. The highest BCUT2D eigenvalue weighted by Gasteiger charge is 2.19. The number of anilines is 1. The van der Waals surface area contributed by atoms with Crippen molar-refractivity contribution < 1.29 is 19.2 Å². The van der Waals surface area contributed by atoms with Crippen molar-refractivity contribution in [2.24, 2.45) is 0 Å². The van der Waals surface area contributed by atoms with E-state index in [1.165, 1.54) is 6.92 Å². The van der Waals surface area contributed by atoms with Crippen LogP contribution < -0.4 is 16.6 Å². The highest BCUT2D eigenvalue weighted by molar-refractivity contribution is 6.06. The molecule has 1 amide bonds. The van der Waals surface area contributed by atoms with Crippen LogP contribution in [0.2, 0.25) is 0 Å². The molecule has 1 aromatic carbocycles. The van der Waals surface area contributed by atoms with Crippen LogP contribution in [0.5, 0.6) is 0 Å². The Morgan fingerprint density at radius 2 is 1.80 bits per heavy atom. The first-order chi connectivity index (χ1) is 11.7. The van der Waals surface area contributed by atoms with Crippen LogP contribution in [-0.2, 0) is 4.74 Å². The van der Waals surface area contributed by atoms with Gasteiger partial charge in [0.15, 0.2) is 0 Å². The maximum absolute atomic E-state index is 12.3. The van der Waals surface area contributed by atoms with Crippen LogP contribution in [0.4, 0.5) is 11.4 Å². The van der Waals surface area contributed by atoms with Crippen molar-refractivity contribution in [3.05, 3.63) is 66.0 Å². The van der Waals surface area contributed by atoms with Gasteiger partial charge in [-0.15, -0.1) is 0 Å². The molecule has 0 fully saturated rings. The number of benzene rings is 1. The number of nitro groups is 1. The fraction of sp³-hybridized carbons (Fsp3) is 0.143. The Morgan fingerprint density at radius 3 is 2.36 bits per heavy atom. The predicted octanol–water partition coefficient (Wildman–Crippen LogP) is 0.319. The average molecular weight is 348 g/mol. The Balaban J connectivity index is 2.47. The molecule has 1 heterocycles. The van der Waals surface area contributed by atoms with Gasteiger partial charge in [0.1, 0.15) is 5.69 Å². The number of nitrogens with zero attached hydrogens (tertiary/aromatic N) is 1. The van der Waals surface area contributed by atoms with Crippen molar-refractivity contribution in [2.45, 2.75) is 6.92 Å². The topological polar surface area (TPSA) is 164 Å². The number of aromatic amines is 2. The first-order valence-electron chi connectivity index (χ1n) is 6.75. The Bertz CT molecular complexity index is 989. The standard InChI is InChI=1S/C14H12N4O7/c1-6-10(12(20)17-14(22)15-6)16-11(19)7-3-8(13(21)25-2)5-9(4-7)18(23)24/h3-5H,1-2H3,(H,16,19)(H2,15,17,20,22). The SMILES string of the molecule is COC(=O)c1cc(C(=O)Nc2c(C)[nH]c(=O)[nH]c2=O)cc([N+](=O)[O-])c1. The van der Waals surface area contributed by atoms with Gasteiger partial charge in [0.05, 0.1) is 17.6 Å². The first-order valence-corrected chi connectivity index (χ1v) is 6.75. The third-order valence-electron chi connectivity index (χ3n) is 3.18. The van der Waals surface area contributed by atoms with Gasteiger partial charge in [0.2, 0.25) is 0 Å². The number of non-ortho nitro benzene ring substituents is 1. The molecule has 0 aliphatic rings. The average Bonchev–Trinajstić information content (AvgIpc) is 2.56. The maximum Gasteiger partial charge on any atom is 0.338 e. The molecule has 11 nitrogen and oxygen atoms in total. The lowest BCUT2D eigenvalue weighted by Gasteiger charge is -2.08. The van der Waals surface area contributed by atoms with E-state index in [0.717, 1.165) is 25.3 Å². The monoisotopic (exact) mass is 348 g/mol. The number of aromatic nitrogens is 2. The van der Waals surface area contributed by atoms with Gasteiger partial charge < -0.3 is 15.0 Å². The number of hydrogen-bond donors (Lipinski definition) is 3. The number of ether oxygens (including phenoxy) is 1. The van der Waals surface area contributed by atoms with Gasteiger partial charge in [-0.05, 0) is 13.0 Å². The molecule has 3 N–H and O–H groups in total. The number of H-pyrrole nitrogens is 2. The molecule has 0 bridgehead atoms. The van der Waals surface area contributed by atoms with Gasteiger partial charge in [-0.2, -0.15) is 0 Å². The van der Waals surface area contributed by atoms with E-state index in [4.69, 9.17) is 0 Å². The normalized spacial score (nSPS) is 10.2. The van der Waals surface area contributed by atoms with Crippen LogP contribution in [0.15, 0.2) is 27.8 Å². The number of carbonyl (C=O) groups excluding carboxylic acids is 2. The van der Waals surface area contributed by atoms with Crippen molar-refractivity contribution in [1.29, 1.82) is 0 Å². The second-order valence-electron chi connectivity index (χ2n) is 4.88. The zero-order valence-electron chi connectivity index (χ0n) is 13.0. The molecule has 0 aliphatic heterocycles. The number of hydrogen-bond acceptors (Lipinski definition) is 7. The van der Waals surface area contributed by atoms with Crippen LogP contribution in [0.3, 0.4) is 0 Å². The summed E-state index contributed by atoms with van der Waals surface area (Å²) in [6.07, 6.45) is 0. The van der Waals surface area contributed by atoms with E-state index in [9.17, 15) is 29.3 Å². The lowest BCUT2D eigenvalue weighted by atomic mass is 10.1. The van der Waals surface area contributed by atoms with E-state index in [-0.39, 0.29) is 22.5 Å². The summed E-state index contributed by atoms with van der Waals surface area (Å²) in [5.41, 5.74) is -2.65. The Kier molecular flexibility index (Phi) is 4.77. The summed E-state index contributed by atoms with van der Waals surface area (Å²) in [5.74, 6) is -1.75. The molecule has 0 atom stereocenters. The Morgan fingerprint density at radius 1 is 1.16 bits per heavy atom. The summed E-state index contributed by atoms with van der Waals surface area (Å²) in [5, 5.41) is 13.2. The molecule has 130 valence electrons. The second kappa shape index (κ2) is 6.78. The number of nitrogens with one attached hydrogen (secondary N) is 3. The van der Waals surface area contributed by atoms with Crippen LogP contribution in [-0.4, -0.2) is 33.9 Å². The zero-order chi connectivity index (χ0) is 18.7. The quantitative estimate of drug-likeness (QED) is 0.406. The summed E-state index contributed by atoms with van der Waals surface area (Å²) >= 11 is 0. The fourth-order valence-electron chi connectivity index (χ4n) is 2.02. The molecular weight excluding hydrogens is 336 g/mol. The van der Waals surface area contributed by atoms with E-state index < -0.39 is 33.7 Å². The molecule has 0 saturated heterocycles. The van der Waals surface area contributed by atoms with Gasteiger partial charge in [0, 0.05) is 23.4 Å². The third-order valence-corrected chi connectivity index (χ3v) is 3.18. The van der Waals surface area contributed by atoms with Crippen LogP contribution in [0, 0.1) is 17.0 Å². The van der Waals surface area contributed by atoms with Crippen molar-refractivity contribution in [3.8, 4) is 0 Å². The van der Waals surface area contributed by atoms with Gasteiger partial charge in [-0.1, -0.05) is 0 Å². The van der Waals surface area contributed by atoms with E-state index in [0.29, 0.717) is 0 Å². The predicted molar refractivity (Wildman–Crippen MR) is 84.8 cm³/mol. The number of aryl methyl sites for hydroxylation is 1. The lowest BCUT2D eigenvalue weighted by Crippen LogP contribution is -2.28. The number of carbonyl (C=O) groups is 2. The number of rotatable bonds is 4. The second-order valence-corrected chi connectivity index (χ2v) is 4.88. The highest BCUT2D eigenvalue weighted by atomic mass is 16.6. The van der Waals surface area contributed by atoms with Gasteiger partial charge in [-0.25, -0.2) is 9.59 Å². The van der Waals surface area contributed by atoms with Crippen molar-refractivity contribution in [1.82, 2.24) is 9.97 Å². The number of nitro benzene ring substituents is 1.